The number of hydrogen-bond donors (Lipinski definition) is 1. The number of aromatic nitrogens is 1. The zero-order valence-corrected chi connectivity index (χ0v) is 13.0. The van der Waals surface area contributed by atoms with Crippen molar-refractivity contribution in [3.05, 3.63) is 60.4 Å². The molecule has 120 valence electrons. The van der Waals surface area contributed by atoms with Crippen LogP contribution >= 0.6 is 0 Å². The second-order valence-corrected chi connectivity index (χ2v) is 5.53. The Morgan fingerprint density at radius 3 is 2.33 bits per heavy atom. The van der Waals surface area contributed by atoms with E-state index in [1.807, 2.05) is 12.1 Å². The van der Waals surface area contributed by atoms with Crippen molar-refractivity contribution in [2.24, 2.45) is 5.92 Å². The standard InChI is InChI=1S/C18H15N3O3/c1-24-13-7-5-12(6-8-13)15-14(11-19)17(22)20-18(23)16(15)21-9-3-2-4-10-21/h2-10,14-16H,1H3/p+1/t14-,15+,16+/m0/s1. The van der Waals surface area contributed by atoms with Crippen molar-refractivity contribution in [2.45, 2.75) is 12.0 Å². The Hall–Kier alpha value is -3.20. The van der Waals surface area contributed by atoms with Crippen molar-refractivity contribution in [3.8, 4) is 11.8 Å². The Balaban J connectivity index is 2.11. The number of carbonyl (C=O) groups excluding carboxylic acids is 2. The minimum absolute atomic E-state index is 0.413. The molecule has 1 aliphatic heterocycles. The number of amides is 2. The van der Waals surface area contributed by atoms with Gasteiger partial charge in [0, 0.05) is 12.1 Å². The van der Waals surface area contributed by atoms with Crippen molar-refractivity contribution in [1.29, 1.82) is 5.26 Å². The predicted octanol–water partition coefficient (Wildman–Crippen LogP) is 1.10. The third-order valence-electron chi connectivity index (χ3n) is 4.20. The third kappa shape index (κ3) is 2.72. The van der Waals surface area contributed by atoms with Crippen molar-refractivity contribution in [2.75, 3.05) is 7.11 Å². The molecule has 0 unspecified atom stereocenters. The predicted molar refractivity (Wildman–Crippen MR) is 83.7 cm³/mol. The van der Waals surface area contributed by atoms with E-state index in [0.717, 1.165) is 5.56 Å². The van der Waals surface area contributed by atoms with E-state index >= 15 is 0 Å². The summed E-state index contributed by atoms with van der Waals surface area (Å²) in [5.74, 6) is -1.83. The van der Waals surface area contributed by atoms with Crippen molar-refractivity contribution < 1.29 is 18.9 Å². The van der Waals surface area contributed by atoms with E-state index in [-0.39, 0.29) is 0 Å². The molecule has 1 N–H and O–H groups in total. The van der Waals surface area contributed by atoms with Crippen LogP contribution in [-0.4, -0.2) is 18.9 Å². The van der Waals surface area contributed by atoms with Gasteiger partial charge in [0.2, 0.25) is 11.9 Å². The van der Waals surface area contributed by atoms with E-state index in [4.69, 9.17) is 4.74 Å². The number of benzene rings is 1. The third-order valence-corrected chi connectivity index (χ3v) is 4.20. The van der Waals surface area contributed by atoms with Crippen molar-refractivity contribution >= 4 is 11.8 Å². The first-order valence-electron chi connectivity index (χ1n) is 7.49. The maximum Gasteiger partial charge on any atom is 0.296 e. The van der Waals surface area contributed by atoms with Gasteiger partial charge in [0.1, 0.15) is 11.7 Å². The van der Waals surface area contributed by atoms with E-state index in [2.05, 4.69) is 5.32 Å². The molecule has 1 aliphatic rings. The van der Waals surface area contributed by atoms with Crippen LogP contribution in [0.1, 0.15) is 17.5 Å². The molecule has 0 bridgehead atoms. The SMILES string of the molecule is COc1ccc([C@@H]2[C@H](C#N)C(=O)NC(=O)[C@@H]2[n+]2ccccc2)cc1. The van der Waals surface area contributed by atoms with E-state index < -0.39 is 29.7 Å². The molecule has 24 heavy (non-hydrogen) atoms. The molecule has 1 aromatic carbocycles. The van der Waals surface area contributed by atoms with Gasteiger partial charge in [-0.2, -0.15) is 9.83 Å². The summed E-state index contributed by atoms with van der Waals surface area (Å²) in [6.45, 7) is 0. The zero-order chi connectivity index (χ0) is 17.1. The second kappa shape index (κ2) is 6.50. The summed E-state index contributed by atoms with van der Waals surface area (Å²) in [6.07, 6.45) is 3.51. The first-order valence-corrected chi connectivity index (χ1v) is 7.49. The minimum atomic E-state index is -0.950. The fourth-order valence-electron chi connectivity index (χ4n) is 3.04. The average molecular weight is 322 g/mol. The minimum Gasteiger partial charge on any atom is -0.497 e. The van der Waals surface area contributed by atoms with Gasteiger partial charge in [-0.3, -0.25) is 14.9 Å². The van der Waals surface area contributed by atoms with E-state index in [1.54, 1.807) is 60.5 Å². The molecule has 3 rings (SSSR count). The average Bonchev–Trinajstić information content (AvgIpc) is 2.62. The molecule has 2 aromatic rings. The lowest BCUT2D eigenvalue weighted by atomic mass is 9.77. The number of pyridine rings is 1. The van der Waals surface area contributed by atoms with Crippen LogP contribution in [0.3, 0.4) is 0 Å². The Morgan fingerprint density at radius 2 is 1.75 bits per heavy atom. The van der Waals surface area contributed by atoms with Gasteiger partial charge in [0.05, 0.1) is 19.1 Å². The topological polar surface area (TPSA) is 83.1 Å². The highest BCUT2D eigenvalue weighted by Crippen LogP contribution is 2.36. The highest BCUT2D eigenvalue weighted by atomic mass is 16.5. The highest BCUT2D eigenvalue weighted by Gasteiger charge is 2.50. The molecule has 6 nitrogen and oxygen atoms in total. The number of nitriles is 1. The number of ether oxygens (including phenoxy) is 1. The molecule has 1 saturated heterocycles. The van der Waals surface area contributed by atoms with E-state index in [1.165, 1.54) is 0 Å². The van der Waals surface area contributed by atoms with E-state index in [9.17, 15) is 14.9 Å². The van der Waals surface area contributed by atoms with Crippen molar-refractivity contribution in [3.63, 3.8) is 0 Å². The second-order valence-electron chi connectivity index (χ2n) is 5.53. The number of hydrogen-bond acceptors (Lipinski definition) is 4. The van der Waals surface area contributed by atoms with Gasteiger partial charge in [-0.25, -0.2) is 0 Å². The molecule has 1 aromatic heterocycles. The van der Waals surface area contributed by atoms with Crippen LogP contribution in [-0.2, 0) is 9.59 Å². The smallest absolute Gasteiger partial charge is 0.296 e. The molecule has 2 amide bonds. The summed E-state index contributed by atoms with van der Waals surface area (Å²) >= 11 is 0. The maximum atomic E-state index is 12.5. The van der Waals surface area contributed by atoms with Crippen LogP contribution in [0.15, 0.2) is 54.9 Å². The van der Waals surface area contributed by atoms with E-state index in [0.29, 0.717) is 5.75 Å². The number of imide groups is 1. The van der Waals surface area contributed by atoms with Gasteiger partial charge in [-0.05, 0) is 17.7 Å². The summed E-state index contributed by atoms with van der Waals surface area (Å²) in [5.41, 5.74) is 0.743. The molecule has 0 saturated carbocycles. The maximum absolute atomic E-state index is 12.5. The number of nitrogens with one attached hydrogen (secondary N) is 1. The fraction of sp³-hybridized carbons (Fsp3) is 0.222. The summed E-state index contributed by atoms with van der Waals surface area (Å²) in [6, 6.07) is 13.9. The number of rotatable bonds is 3. The van der Waals surface area contributed by atoms with Crippen LogP contribution in [0.2, 0.25) is 0 Å². The molecule has 2 heterocycles. The van der Waals surface area contributed by atoms with Gasteiger partial charge >= 0.3 is 0 Å². The molecule has 0 aliphatic carbocycles. The first kappa shape index (κ1) is 15.7. The number of methoxy groups -OCH3 is 1. The van der Waals surface area contributed by atoms with Crippen LogP contribution in [0.25, 0.3) is 0 Å². The van der Waals surface area contributed by atoms with Gasteiger partial charge in [0.15, 0.2) is 12.4 Å². The number of carbonyl (C=O) groups is 2. The normalized spacial score (nSPS) is 23.2. The van der Waals surface area contributed by atoms with Crippen LogP contribution in [0.5, 0.6) is 5.75 Å². The monoisotopic (exact) mass is 322 g/mol. The van der Waals surface area contributed by atoms with Gasteiger partial charge in [0.25, 0.3) is 5.91 Å². The Kier molecular flexibility index (Phi) is 4.25. The molecule has 3 atom stereocenters. The lowest BCUT2D eigenvalue weighted by Gasteiger charge is -2.30. The molecule has 6 heteroatoms. The molecular formula is C18H16N3O3+. The van der Waals surface area contributed by atoms with Gasteiger partial charge in [-0.15, -0.1) is 0 Å². The quantitative estimate of drug-likeness (QED) is 0.678. The summed E-state index contributed by atoms with van der Waals surface area (Å²) in [7, 11) is 1.56. The Morgan fingerprint density at radius 1 is 1.08 bits per heavy atom. The largest absolute Gasteiger partial charge is 0.497 e. The molecule has 0 radical (unpaired) electrons. The molecule has 0 spiro atoms. The highest BCUT2D eigenvalue weighted by molar-refractivity contribution is 6.02. The lowest BCUT2D eigenvalue weighted by Crippen LogP contribution is -2.59. The summed E-state index contributed by atoms with van der Waals surface area (Å²) in [5, 5.41) is 11.8. The first-order chi connectivity index (χ1) is 11.7. The van der Waals surface area contributed by atoms with Crippen LogP contribution in [0.4, 0.5) is 0 Å². The van der Waals surface area contributed by atoms with Gasteiger partial charge in [-0.1, -0.05) is 18.2 Å². The number of nitrogens with zero attached hydrogens (tertiary/aromatic N) is 2. The van der Waals surface area contributed by atoms with Crippen LogP contribution in [0, 0.1) is 17.2 Å². The molecular weight excluding hydrogens is 306 g/mol. The summed E-state index contributed by atoms with van der Waals surface area (Å²) < 4.78 is 6.87. The fourth-order valence-corrected chi connectivity index (χ4v) is 3.04. The Labute approximate surface area is 139 Å². The molecule has 1 fully saturated rings. The zero-order valence-electron chi connectivity index (χ0n) is 13.0. The summed E-state index contributed by atoms with van der Waals surface area (Å²) in [4.78, 5) is 24.6. The number of piperidine rings is 1. The van der Waals surface area contributed by atoms with Crippen molar-refractivity contribution in [1.82, 2.24) is 5.32 Å². The van der Waals surface area contributed by atoms with Gasteiger partial charge < -0.3 is 4.74 Å². The lowest BCUT2D eigenvalue weighted by molar-refractivity contribution is -0.713. The van der Waals surface area contributed by atoms with Crippen LogP contribution < -0.4 is 14.6 Å². The Bertz CT molecular complexity index is 797.